The Bertz CT molecular complexity index is 751. The van der Waals surface area contributed by atoms with Gasteiger partial charge in [-0.05, 0) is 55.1 Å². The fourth-order valence-corrected chi connectivity index (χ4v) is 3.96. The molecule has 0 aromatic heterocycles. The number of para-hydroxylation sites is 2. The lowest BCUT2D eigenvalue weighted by Crippen LogP contribution is -2.44. The summed E-state index contributed by atoms with van der Waals surface area (Å²) in [5.41, 5.74) is 1.31. The molecule has 144 valence electrons. The minimum Gasteiger partial charge on any atom is -0.491 e. The largest absolute Gasteiger partial charge is 0.491 e. The van der Waals surface area contributed by atoms with Crippen LogP contribution < -0.4 is 14.2 Å². The molecule has 0 saturated carbocycles. The van der Waals surface area contributed by atoms with Crippen molar-refractivity contribution in [1.29, 1.82) is 0 Å². The van der Waals surface area contributed by atoms with Gasteiger partial charge in [0.05, 0.1) is 6.61 Å². The molecule has 5 heteroatoms. The number of hydrogen-bond acceptors (Lipinski definition) is 5. The van der Waals surface area contributed by atoms with Crippen molar-refractivity contribution < 1.29 is 19.3 Å². The molecule has 0 amide bonds. The zero-order valence-corrected chi connectivity index (χ0v) is 15.5. The van der Waals surface area contributed by atoms with Crippen LogP contribution in [0.25, 0.3) is 0 Å². The van der Waals surface area contributed by atoms with E-state index in [2.05, 4.69) is 17.0 Å². The molecule has 2 heterocycles. The van der Waals surface area contributed by atoms with Crippen molar-refractivity contribution in [2.45, 2.75) is 24.9 Å². The van der Waals surface area contributed by atoms with Gasteiger partial charge < -0.3 is 19.3 Å². The number of aliphatic hydroxyl groups excluding tert-OH is 1. The summed E-state index contributed by atoms with van der Waals surface area (Å²) in [6.07, 6.45) is 2.43. The van der Waals surface area contributed by atoms with Crippen molar-refractivity contribution in [3.8, 4) is 17.2 Å². The SMILES string of the molecule is OCCOc1cccc([C@H]2CCCN(C[C@H]3COc4ccccc4O3)C2)c1. The highest BCUT2D eigenvalue weighted by atomic mass is 16.6. The van der Waals surface area contributed by atoms with Crippen LogP contribution in [0.1, 0.15) is 24.3 Å². The Kier molecular flexibility index (Phi) is 5.80. The third kappa shape index (κ3) is 4.54. The van der Waals surface area contributed by atoms with Gasteiger partial charge in [0.25, 0.3) is 0 Å². The summed E-state index contributed by atoms with van der Waals surface area (Å²) >= 11 is 0. The maximum absolute atomic E-state index is 8.94. The smallest absolute Gasteiger partial charge is 0.161 e. The van der Waals surface area contributed by atoms with Gasteiger partial charge in [0.15, 0.2) is 11.5 Å². The molecule has 0 bridgehead atoms. The van der Waals surface area contributed by atoms with Crippen LogP contribution in [0, 0.1) is 0 Å². The molecule has 2 atom stereocenters. The van der Waals surface area contributed by atoms with Crippen molar-refractivity contribution in [3.63, 3.8) is 0 Å². The number of hydrogen-bond donors (Lipinski definition) is 1. The number of rotatable bonds is 6. The van der Waals surface area contributed by atoms with Crippen LogP contribution in [0.5, 0.6) is 17.2 Å². The van der Waals surface area contributed by atoms with E-state index in [4.69, 9.17) is 19.3 Å². The van der Waals surface area contributed by atoms with Gasteiger partial charge >= 0.3 is 0 Å². The monoisotopic (exact) mass is 369 g/mol. The minimum atomic E-state index is 0.0357. The van der Waals surface area contributed by atoms with Gasteiger partial charge in [-0.2, -0.15) is 0 Å². The Labute approximate surface area is 160 Å². The lowest BCUT2D eigenvalue weighted by molar-refractivity contribution is 0.0504. The lowest BCUT2D eigenvalue weighted by Gasteiger charge is -2.36. The second-order valence-electron chi connectivity index (χ2n) is 7.24. The summed E-state index contributed by atoms with van der Waals surface area (Å²) in [5.74, 6) is 3.01. The highest BCUT2D eigenvalue weighted by molar-refractivity contribution is 5.40. The normalized spacial score (nSPS) is 22.4. The highest BCUT2D eigenvalue weighted by Gasteiger charge is 2.27. The summed E-state index contributed by atoms with van der Waals surface area (Å²) in [6, 6.07) is 16.1. The van der Waals surface area contributed by atoms with E-state index < -0.39 is 0 Å². The number of ether oxygens (including phenoxy) is 3. The number of likely N-dealkylation sites (tertiary alicyclic amines) is 1. The van der Waals surface area contributed by atoms with Crippen molar-refractivity contribution >= 4 is 0 Å². The minimum absolute atomic E-state index is 0.0357. The second-order valence-corrected chi connectivity index (χ2v) is 7.24. The van der Waals surface area contributed by atoms with Crippen LogP contribution in [-0.4, -0.2) is 55.6 Å². The van der Waals surface area contributed by atoms with E-state index in [9.17, 15) is 0 Å². The standard InChI is InChI=1S/C22H27NO4/c24-11-12-25-19-7-3-5-17(13-19)18-6-4-10-23(14-18)15-20-16-26-21-8-1-2-9-22(21)27-20/h1-3,5,7-9,13,18,20,24H,4,6,10-12,14-16H2/t18-,20-/m0/s1. The van der Waals surface area contributed by atoms with E-state index in [1.165, 1.54) is 18.4 Å². The maximum Gasteiger partial charge on any atom is 0.161 e. The number of fused-ring (bicyclic) bond motifs is 1. The van der Waals surface area contributed by atoms with Gasteiger partial charge in [-0.15, -0.1) is 0 Å². The fourth-order valence-electron chi connectivity index (χ4n) is 3.96. The Hall–Kier alpha value is -2.24. The number of nitrogens with zero attached hydrogens (tertiary/aromatic N) is 1. The first-order valence-electron chi connectivity index (χ1n) is 9.76. The van der Waals surface area contributed by atoms with E-state index >= 15 is 0 Å². The first-order chi connectivity index (χ1) is 13.3. The van der Waals surface area contributed by atoms with Crippen LogP contribution in [0.4, 0.5) is 0 Å². The number of piperidine rings is 1. The van der Waals surface area contributed by atoms with Gasteiger partial charge in [0.1, 0.15) is 25.1 Å². The van der Waals surface area contributed by atoms with Crippen molar-refractivity contribution in [2.75, 3.05) is 39.5 Å². The molecule has 5 nitrogen and oxygen atoms in total. The Morgan fingerprint density at radius 3 is 2.89 bits per heavy atom. The van der Waals surface area contributed by atoms with E-state index in [0.29, 0.717) is 19.1 Å². The van der Waals surface area contributed by atoms with Crippen molar-refractivity contribution in [2.24, 2.45) is 0 Å². The molecule has 1 N–H and O–H groups in total. The summed E-state index contributed by atoms with van der Waals surface area (Å²) in [4.78, 5) is 2.48. The topological polar surface area (TPSA) is 51.2 Å². The van der Waals surface area contributed by atoms with Crippen LogP contribution in [-0.2, 0) is 0 Å². The fraction of sp³-hybridized carbons (Fsp3) is 0.455. The quantitative estimate of drug-likeness (QED) is 0.848. The molecule has 2 aliphatic rings. The molecule has 4 rings (SSSR count). The van der Waals surface area contributed by atoms with Crippen molar-refractivity contribution in [1.82, 2.24) is 4.90 Å². The molecule has 1 fully saturated rings. The zero-order valence-electron chi connectivity index (χ0n) is 15.5. The van der Waals surface area contributed by atoms with Gasteiger partial charge in [0.2, 0.25) is 0 Å². The van der Waals surface area contributed by atoms with E-state index in [1.54, 1.807) is 0 Å². The first kappa shape index (κ1) is 18.1. The van der Waals surface area contributed by atoms with Gasteiger partial charge in [-0.25, -0.2) is 0 Å². The number of benzene rings is 2. The predicted molar refractivity (Wildman–Crippen MR) is 104 cm³/mol. The van der Waals surface area contributed by atoms with E-state index in [0.717, 1.165) is 36.9 Å². The third-order valence-corrected chi connectivity index (χ3v) is 5.22. The van der Waals surface area contributed by atoms with Crippen LogP contribution >= 0.6 is 0 Å². The second kappa shape index (κ2) is 8.63. The Morgan fingerprint density at radius 1 is 1.11 bits per heavy atom. The zero-order chi connectivity index (χ0) is 18.5. The molecule has 0 radical (unpaired) electrons. The van der Waals surface area contributed by atoms with Gasteiger partial charge in [-0.1, -0.05) is 24.3 Å². The molecular formula is C22H27NO4. The first-order valence-corrected chi connectivity index (χ1v) is 9.76. The summed E-state index contributed by atoms with van der Waals surface area (Å²) in [5, 5.41) is 8.94. The third-order valence-electron chi connectivity index (χ3n) is 5.22. The van der Waals surface area contributed by atoms with Crippen molar-refractivity contribution in [3.05, 3.63) is 54.1 Å². The van der Waals surface area contributed by atoms with E-state index in [-0.39, 0.29) is 12.7 Å². The lowest BCUT2D eigenvalue weighted by atomic mass is 9.90. The Balaban J connectivity index is 1.36. The molecule has 27 heavy (non-hydrogen) atoms. The molecule has 2 aliphatic heterocycles. The summed E-state index contributed by atoms with van der Waals surface area (Å²) in [6.45, 7) is 3.96. The van der Waals surface area contributed by atoms with E-state index in [1.807, 2.05) is 36.4 Å². The van der Waals surface area contributed by atoms with Crippen LogP contribution in [0.15, 0.2) is 48.5 Å². The van der Waals surface area contributed by atoms with Crippen LogP contribution in [0.3, 0.4) is 0 Å². The number of aliphatic hydroxyl groups is 1. The Morgan fingerprint density at radius 2 is 2.00 bits per heavy atom. The molecule has 0 aliphatic carbocycles. The predicted octanol–water partition coefficient (Wildman–Crippen LogP) is 3.08. The molecule has 0 spiro atoms. The van der Waals surface area contributed by atoms with Gasteiger partial charge in [0, 0.05) is 13.1 Å². The summed E-state index contributed by atoms with van der Waals surface area (Å²) in [7, 11) is 0. The average Bonchev–Trinajstić information content (AvgIpc) is 2.72. The molecule has 2 aromatic rings. The molecule has 0 unspecified atom stereocenters. The maximum atomic E-state index is 8.94. The summed E-state index contributed by atoms with van der Waals surface area (Å²) < 4.78 is 17.6. The molecule has 2 aromatic carbocycles. The molecular weight excluding hydrogens is 342 g/mol. The van der Waals surface area contributed by atoms with Gasteiger partial charge in [-0.3, -0.25) is 4.90 Å². The highest BCUT2D eigenvalue weighted by Crippen LogP contribution is 2.32. The molecule has 1 saturated heterocycles. The average molecular weight is 369 g/mol. The van der Waals surface area contributed by atoms with Crippen LogP contribution in [0.2, 0.25) is 0 Å².